The highest BCUT2D eigenvalue weighted by molar-refractivity contribution is 6.32. The van der Waals surface area contributed by atoms with Crippen molar-refractivity contribution in [3.63, 3.8) is 0 Å². The van der Waals surface area contributed by atoms with Crippen LogP contribution in [-0.2, 0) is 0 Å². The lowest BCUT2D eigenvalue weighted by molar-refractivity contribution is 0.317. The van der Waals surface area contributed by atoms with Crippen LogP contribution in [-0.4, -0.2) is 31.8 Å². The summed E-state index contributed by atoms with van der Waals surface area (Å²) >= 11 is 5.98. The molecule has 0 aliphatic heterocycles. The molecule has 0 aliphatic carbocycles. The summed E-state index contributed by atoms with van der Waals surface area (Å²) in [6, 6.07) is 3.39. The largest absolute Gasteiger partial charge is 0.495 e. The number of hydrogen-bond donors (Lipinski definition) is 3. The van der Waals surface area contributed by atoms with Gasteiger partial charge in [-0.2, -0.15) is 0 Å². The number of oxime groups is 1. The quantitative estimate of drug-likeness (QED) is 0.319. The van der Waals surface area contributed by atoms with Gasteiger partial charge in [0, 0.05) is 25.1 Å². The number of hydrogen-bond acceptors (Lipinski definition) is 5. The van der Waals surface area contributed by atoms with Gasteiger partial charge in [0.15, 0.2) is 0 Å². The van der Waals surface area contributed by atoms with Gasteiger partial charge < -0.3 is 25.7 Å². The molecule has 0 aromatic heterocycles. The van der Waals surface area contributed by atoms with Crippen molar-refractivity contribution >= 4 is 23.1 Å². The van der Waals surface area contributed by atoms with E-state index >= 15 is 0 Å². The summed E-state index contributed by atoms with van der Waals surface area (Å²) in [5, 5.41) is 14.9. The lowest BCUT2D eigenvalue weighted by Crippen LogP contribution is -2.16. The molecule has 100 valence electrons. The third-order valence-electron chi connectivity index (χ3n) is 2.30. The summed E-state index contributed by atoms with van der Waals surface area (Å²) in [5.74, 6) is 1.30. The summed E-state index contributed by atoms with van der Waals surface area (Å²) in [4.78, 5) is 0. The van der Waals surface area contributed by atoms with Crippen LogP contribution in [0.3, 0.4) is 0 Å². The summed E-state index contributed by atoms with van der Waals surface area (Å²) in [5.41, 5.74) is 6.10. The molecule has 0 heterocycles. The number of benzene rings is 1. The van der Waals surface area contributed by atoms with Gasteiger partial charge in [0.2, 0.25) is 0 Å². The highest BCUT2D eigenvalue weighted by Gasteiger charge is 2.09. The molecule has 0 unspecified atom stereocenters. The van der Waals surface area contributed by atoms with Gasteiger partial charge >= 0.3 is 0 Å². The van der Waals surface area contributed by atoms with E-state index in [1.807, 2.05) is 0 Å². The number of rotatable bonds is 6. The van der Waals surface area contributed by atoms with Gasteiger partial charge in [-0.1, -0.05) is 16.8 Å². The number of nitrogens with zero attached hydrogens (tertiary/aromatic N) is 1. The topological polar surface area (TPSA) is 89.1 Å². The van der Waals surface area contributed by atoms with E-state index in [0.717, 1.165) is 5.69 Å². The highest BCUT2D eigenvalue weighted by atomic mass is 35.5. The molecule has 0 aliphatic rings. The average molecular weight is 274 g/mol. The predicted octanol–water partition coefficient (Wildman–Crippen LogP) is 1.91. The van der Waals surface area contributed by atoms with E-state index in [2.05, 4.69) is 10.5 Å². The van der Waals surface area contributed by atoms with E-state index in [1.165, 1.54) is 7.11 Å². The standard InChI is InChI=1S/C11H16ClN3O3/c1-17-9-6-8(10(18-2)5-7(9)12)14-4-3-11(13)15-16/h5-6,14,16H,3-4H2,1-2H3,(H2,13,15). The van der Waals surface area contributed by atoms with Gasteiger partial charge in [-0.3, -0.25) is 0 Å². The fourth-order valence-electron chi connectivity index (χ4n) is 1.37. The molecule has 0 spiro atoms. The molecular formula is C11H16ClN3O3. The monoisotopic (exact) mass is 273 g/mol. The number of halogens is 1. The molecular weight excluding hydrogens is 258 g/mol. The molecule has 0 bridgehead atoms. The van der Waals surface area contributed by atoms with Crippen molar-refractivity contribution in [1.82, 2.24) is 0 Å². The number of nitrogens with two attached hydrogens (primary N) is 1. The van der Waals surface area contributed by atoms with Crippen LogP contribution in [0.1, 0.15) is 6.42 Å². The Hall–Kier alpha value is -1.82. The normalized spacial score (nSPS) is 11.2. The Kier molecular flexibility index (Phi) is 5.38. The van der Waals surface area contributed by atoms with Crippen LogP contribution in [0.5, 0.6) is 11.5 Å². The average Bonchev–Trinajstić information content (AvgIpc) is 2.39. The van der Waals surface area contributed by atoms with Gasteiger partial charge in [-0.25, -0.2) is 0 Å². The van der Waals surface area contributed by atoms with Crippen LogP contribution in [0.25, 0.3) is 0 Å². The zero-order valence-electron chi connectivity index (χ0n) is 10.2. The minimum atomic E-state index is 0.155. The lowest BCUT2D eigenvalue weighted by Gasteiger charge is -2.13. The maximum atomic E-state index is 8.42. The second-order valence-electron chi connectivity index (χ2n) is 3.46. The minimum Gasteiger partial charge on any atom is -0.495 e. The Balaban J connectivity index is 2.80. The van der Waals surface area contributed by atoms with Crippen molar-refractivity contribution in [1.29, 1.82) is 0 Å². The van der Waals surface area contributed by atoms with Gasteiger partial charge in [-0.05, 0) is 0 Å². The molecule has 0 radical (unpaired) electrons. The van der Waals surface area contributed by atoms with Crippen LogP contribution >= 0.6 is 11.6 Å². The summed E-state index contributed by atoms with van der Waals surface area (Å²) in [6.45, 7) is 0.497. The molecule has 1 rings (SSSR count). The van der Waals surface area contributed by atoms with Crippen molar-refractivity contribution < 1.29 is 14.7 Å². The summed E-state index contributed by atoms with van der Waals surface area (Å²) < 4.78 is 10.3. The van der Waals surface area contributed by atoms with Crippen LogP contribution in [0.2, 0.25) is 5.02 Å². The SMILES string of the molecule is COc1cc(NCC/C(N)=N/O)c(OC)cc1Cl. The molecule has 0 atom stereocenters. The molecule has 0 amide bonds. The first-order valence-corrected chi connectivity index (χ1v) is 5.62. The Labute approximate surface area is 110 Å². The Bertz CT molecular complexity index is 438. The number of ether oxygens (including phenoxy) is 2. The van der Waals surface area contributed by atoms with Crippen LogP contribution in [0.4, 0.5) is 5.69 Å². The fourth-order valence-corrected chi connectivity index (χ4v) is 1.60. The van der Waals surface area contributed by atoms with Crippen molar-refractivity contribution in [3.8, 4) is 11.5 Å². The van der Waals surface area contributed by atoms with Gasteiger partial charge in [0.05, 0.1) is 24.9 Å². The molecule has 7 heteroatoms. The number of amidine groups is 1. The predicted molar refractivity (Wildman–Crippen MR) is 71.1 cm³/mol. The van der Waals surface area contributed by atoms with Crippen LogP contribution in [0.15, 0.2) is 17.3 Å². The molecule has 4 N–H and O–H groups in total. The van der Waals surface area contributed by atoms with Gasteiger partial charge in [0.25, 0.3) is 0 Å². The minimum absolute atomic E-state index is 0.155. The van der Waals surface area contributed by atoms with E-state index in [9.17, 15) is 0 Å². The zero-order chi connectivity index (χ0) is 13.5. The summed E-state index contributed by atoms with van der Waals surface area (Å²) in [7, 11) is 3.08. The van der Waals surface area contributed by atoms with Crippen LogP contribution < -0.4 is 20.5 Å². The van der Waals surface area contributed by atoms with Crippen molar-refractivity contribution in [2.24, 2.45) is 10.9 Å². The molecule has 1 aromatic carbocycles. The van der Waals surface area contributed by atoms with E-state index in [1.54, 1.807) is 19.2 Å². The Morgan fingerprint density at radius 1 is 1.39 bits per heavy atom. The van der Waals surface area contributed by atoms with Crippen molar-refractivity contribution in [3.05, 3.63) is 17.2 Å². The molecule has 0 saturated carbocycles. The number of anilines is 1. The number of nitrogens with one attached hydrogen (secondary N) is 1. The van der Waals surface area contributed by atoms with Crippen molar-refractivity contribution in [2.75, 3.05) is 26.1 Å². The van der Waals surface area contributed by atoms with Crippen LogP contribution in [0, 0.1) is 0 Å². The first-order valence-electron chi connectivity index (χ1n) is 5.24. The second-order valence-corrected chi connectivity index (χ2v) is 3.86. The Morgan fingerprint density at radius 2 is 2.06 bits per heavy atom. The fraction of sp³-hybridized carbons (Fsp3) is 0.364. The van der Waals surface area contributed by atoms with E-state index < -0.39 is 0 Å². The first-order chi connectivity index (χ1) is 8.62. The smallest absolute Gasteiger partial charge is 0.143 e. The van der Waals surface area contributed by atoms with E-state index in [0.29, 0.717) is 29.5 Å². The lowest BCUT2D eigenvalue weighted by atomic mass is 10.2. The number of methoxy groups -OCH3 is 2. The molecule has 6 nitrogen and oxygen atoms in total. The van der Waals surface area contributed by atoms with Gasteiger partial charge in [0.1, 0.15) is 17.3 Å². The maximum absolute atomic E-state index is 8.42. The van der Waals surface area contributed by atoms with E-state index in [4.69, 9.17) is 32.0 Å². The molecule has 0 saturated heterocycles. The van der Waals surface area contributed by atoms with Gasteiger partial charge in [-0.15, -0.1) is 0 Å². The highest BCUT2D eigenvalue weighted by Crippen LogP contribution is 2.35. The van der Waals surface area contributed by atoms with Crippen molar-refractivity contribution in [2.45, 2.75) is 6.42 Å². The summed E-state index contributed by atoms with van der Waals surface area (Å²) in [6.07, 6.45) is 0.407. The maximum Gasteiger partial charge on any atom is 0.143 e. The molecule has 1 aromatic rings. The molecule has 0 fully saturated rings. The third kappa shape index (κ3) is 3.59. The second kappa shape index (κ2) is 6.80. The third-order valence-corrected chi connectivity index (χ3v) is 2.59. The van der Waals surface area contributed by atoms with E-state index in [-0.39, 0.29) is 5.84 Å². The Morgan fingerprint density at radius 3 is 2.61 bits per heavy atom. The zero-order valence-corrected chi connectivity index (χ0v) is 11.0. The molecule has 18 heavy (non-hydrogen) atoms. The first kappa shape index (κ1) is 14.2.